The van der Waals surface area contributed by atoms with Crippen LogP contribution in [0.2, 0.25) is 0 Å². The van der Waals surface area contributed by atoms with Crippen molar-refractivity contribution in [2.45, 2.75) is 18.7 Å². The summed E-state index contributed by atoms with van der Waals surface area (Å²) in [7, 11) is -3.36. The van der Waals surface area contributed by atoms with Crippen molar-refractivity contribution < 1.29 is 18.3 Å². The molecule has 1 N–H and O–H groups in total. The van der Waals surface area contributed by atoms with E-state index in [1.165, 1.54) is 12.1 Å². The number of phenols is 1. The van der Waals surface area contributed by atoms with Gasteiger partial charge in [-0.05, 0) is 18.2 Å². The maximum Gasteiger partial charge on any atom is 0.175 e. The van der Waals surface area contributed by atoms with Crippen molar-refractivity contribution in [1.82, 2.24) is 0 Å². The fraction of sp³-hybridized carbons (Fsp3) is 0.364. The van der Waals surface area contributed by atoms with Crippen LogP contribution in [0.1, 0.15) is 24.2 Å². The predicted octanol–water partition coefficient (Wildman–Crippen LogP) is 1.63. The first-order valence-electron chi connectivity index (χ1n) is 4.80. The molecular formula is C11H14O4S. The third-order valence-corrected chi connectivity index (χ3v) is 3.30. The lowest BCUT2D eigenvalue weighted by atomic mass is 10.0. The van der Waals surface area contributed by atoms with Crippen LogP contribution in [-0.2, 0) is 9.84 Å². The third-order valence-electron chi connectivity index (χ3n) is 2.19. The van der Waals surface area contributed by atoms with Crippen molar-refractivity contribution in [1.29, 1.82) is 0 Å². The lowest BCUT2D eigenvalue weighted by Crippen LogP contribution is -2.08. The van der Waals surface area contributed by atoms with E-state index in [-0.39, 0.29) is 27.9 Å². The normalized spacial score (nSPS) is 11.8. The molecule has 0 fully saturated rings. The van der Waals surface area contributed by atoms with Gasteiger partial charge in [0.2, 0.25) is 0 Å². The summed E-state index contributed by atoms with van der Waals surface area (Å²) in [5, 5.41) is 9.59. The Hall–Kier alpha value is -1.36. The van der Waals surface area contributed by atoms with Crippen molar-refractivity contribution in [2.75, 3.05) is 6.26 Å². The molecule has 1 aromatic carbocycles. The van der Waals surface area contributed by atoms with Gasteiger partial charge < -0.3 is 5.11 Å². The van der Waals surface area contributed by atoms with E-state index in [1.54, 1.807) is 13.8 Å². The SMILES string of the molecule is CC(C)C(=O)c1ccc(S(C)(=O)=O)cc1O. The Labute approximate surface area is 94.8 Å². The zero-order chi connectivity index (χ0) is 12.5. The summed E-state index contributed by atoms with van der Waals surface area (Å²) >= 11 is 0. The van der Waals surface area contributed by atoms with Crippen LogP contribution >= 0.6 is 0 Å². The molecule has 0 saturated carbocycles. The number of sulfone groups is 1. The van der Waals surface area contributed by atoms with E-state index in [9.17, 15) is 18.3 Å². The Morgan fingerprint density at radius 1 is 1.31 bits per heavy atom. The Morgan fingerprint density at radius 2 is 1.88 bits per heavy atom. The van der Waals surface area contributed by atoms with Gasteiger partial charge in [0, 0.05) is 12.2 Å². The summed E-state index contributed by atoms with van der Waals surface area (Å²) in [4.78, 5) is 11.6. The molecule has 0 atom stereocenters. The van der Waals surface area contributed by atoms with Crippen LogP contribution in [0.3, 0.4) is 0 Å². The average molecular weight is 242 g/mol. The Bertz CT molecular complexity index is 515. The van der Waals surface area contributed by atoms with E-state index in [0.717, 1.165) is 12.3 Å². The molecule has 0 aliphatic carbocycles. The number of rotatable bonds is 3. The molecule has 0 aromatic heterocycles. The fourth-order valence-electron chi connectivity index (χ4n) is 1.26. The number of hydrogen-bond acceptors (Lipinski definition) is 4. The molecule has 0 radical (unpaired) electrons. The van der Waals surface area contributed by atoms with E-state index < -0.39 is 9.84 Å². The molecule has 1 rings (SSSR count). The van der Waals surface area contributed by atoms with E-state index in [1.807, 2.05) is 0 Å². The number of carbonyl (C=O) groups excluding carboxylic acids is 1. The van der Waals surface area contributed by atoms with Gasteiger partial charge in [-0.2, -0.15) is 0 Å². The van der Waals surface area contributed by atoms with Crippen LogP contribution in [0.15, 0.2) is 23.1 Å². The Balaban J connectivity index is 3.26. The van der Waals surface area contributed by atoms with Gasteiger partial charge in [-0.15, -0.1) is 0 Å². The quantitative estimate of drug-likeness (QED) is 0.818. The Morgan fingerprint density at radius 3 is 2.25 bits per heavy atom. The van der Waals surface area contributed by atoms with Crippen LogP contribution in [0.25, 0.3) is 0 Å². The first-order chi connectivity index (χ1) is 7.23. The minimum absolute atomic E-state index is 0.00491. The van der Waals surface area contributed by atoms with Crippen LogP contribution < -0.4 is 0 Å². The maximum atomic E-state index is 11.6. The third kappa shape index (κ3) is 2.61. The number of carbonyl (C=O) groups is 1. The topological polar surface area (TPSA) is 71.4 Å². The van der Waals surface area contributed by atoms with Crippen LogP contribution in [0.5, 0.6) is 5.75 Å². The first kappa shape index (κ1) is 12.7. The summed E-state index contributed by atoms with van der Waals surface area (Å²) in [6.45, 7) is 3.43. The highest BCUT2D eigenvalue weighted by molar-refractivity contribution is 7.90. The van der Waals surface area contributed by atoms with E-state index >= 15 is 0 Å². The molecule has 0 heterocycles. The minimum Gasteiger partial charge on any atom is -0.507 e. The van der Waals surface area contributed by atoms with Crippen LogP contribution in [-0.4, -0.2) is 25.6 Å². The fourth-order valence-corrected chi connectivity index (χ4v) is 1.90. The predicted molar refractivity (Wildman–Crippen MR) is 60.4 cm³/mol. The van der Waals surface area contributed by atoms with Gasteiger partial charge in [0.1, 0.15) is 5.75 Å². The van der Waals surface area contributed by atoms with Gasteiger partial charge in [0.25, 0.3) is 0 Å². The van der Waals surface area contributed by atoms with E-state index in [2.05, 4.69) is 0 Å². The lowest BCUT2D eigenvalue weighted by Gasteiger charge is -2.07. The number of aromatic hydroxyl groups is 1. The number of ketones is 1. The molecular weight excluding hydrogens is 228 g/mol. The van der Waals surface area contributed by atoms with Gasteiger partial charge in [0.15, 0.2) is 15.6 Å². The zero-order valence-corrected chi connectivity index (χ0v) is 10.2. The second-order valence-electron chi connectivity index (χ2n) is 3.97. The highest BCUT2D eigenvalue weighted by Gasteiger charge is 2.17. The summed E-state index contributed by atoms with van der Waals surface area (Å²) in [5.41, 5.74) is 0.155. The molecule has 0 aliphatic heterocycles. The van der Waals surface area contributed by atoms with Crippen molar-refractivity contribution in [3.8, 4) is 5.75 Å². The first-order valence-corrected chi connectivity index (χ1v) is 6.70. The molecule has 0 amide bonds. The molecule has 0 saturated heterocycles. The smallest absolute Gasteiger partial charge is 0.175 e. The van der Waals surface area contributed by atoms with Gasteiger partial charge in [0.05, 0.1) is 10.5 Å². The van der Waals surface area contributed by atoms with Crippen molar-refractivity contribution in [3.63, 3.8) is 0 Å². The standard InChI is InChI=1S/C11H14O4S/c1-7(2)11(13)9-5-4-8(6-10(9)12)16(3,14)15/h4-7,12H,1-3H3. The zero-order valence-electron chi connectivity index (χ0n) is 9.39. The Kier molecular flexibility index (Phi) is 3.38. The molecule has 4 nitrogen and oxygen atoms in total. The van der Waals surface area contributed by atoms with Gasteiger partial charge in [-0.25, -0.2) is 8.42 Å². The molecule has 1 aromatic rings. The number of benzene rings is 1. The second-order valence-corrected chi connectivity index (χ2v) is 5.99. The van der Waals surface area contributed by atoms with Crippen LogP contribution in [0, 0.1) is 5.92 Å². The second kappa shape index (κ2) is 4.25. The monoisotopic (exact) mass is 242 g/mol. The maximum absolute atomic E-state index is 11.6. The molecule has 0 aliphatic rings. The summed E-state index contributed by atoms with van der Waals surface area (Å²) in [5.74, 6) is -0.742. The van der Waals surface area contributed by atoms with Crippen molar-refractivity contribution in [2.24, 2.45) is 5.92 Å². The highest BCUT2D eigenvalue weighted by Crippen LogP contribution is 2.24. The minimum atomic E-state index is -3.36. The lowest BCUT2D eigenvalue weighted by molar-refractivity contribution is 0.0936. The molecule has 16 heavy (non-hydrogen) atoms. The molecule has 0 bridgehead atoms. The largest absolute Gasteiger partial charge is 0.507 e. The van der Waals surface area contributed by atoms with Crippen molar-refractivity contribution in [3.05, 3.63) is 23.8 Å². The molecule has 0 spiro atoms. The summed E-state index contributed by atoms with van der Waals surface area (Å²) < 4.78 is 22.4. The highest BCUT2D eigenvalue weighted by atomic mass is 32.2. The van der Waals surface area contributed by atoms with E-state index in [4.69, 9.17) is 0 Å². The van der Waals surface area contributed by atoms with Gasteiger partial charge >= 0.3 is 0 Å². The van der Waals surface area contributed by atoms with Gasteiger partial charge in [-0.3, -0.25) is 4.79 Å². The number of hydrogen-bond donors (Lipinski definition) is 1. The molecule has 5 heteroatoms. The average Bonchev–Trinajstić information content (AvgIpc) is 2.15. The molecule has 0 unspecified atom stereocenters. The summed E-state index contributed by atoms with van der Waals surface area (Å²) in [6, 6.07) is 3.77. The van der Waals surface area contributed by atoms with Gasteiger partial charge in [-0.1, -0.05) is 13.8 Å². The molecule has 88 valence electrons. The van der Waals surface area contributed by atoms with E-state index in [0.29, 0.717) is 0 Å². The number of phenolic OH excluding ortho intramolecular Hbond substituents is 1. The summed E-state index contributed by atoms with van der Waals surface area (Å²) in [6.07, 6.45) is 1.05. The number of Topliss-reactive ketones (excluding diaryl/α,β-unsaturated/α-hetero) is 1. The van der Waals surface area contributed by atoms with Crippen molar-refractivity contribution >= 4 is 15.6 Å². The van der Waals surface area contributed by atoms with Crippen LogP contribution in [0.4, 0.5) is 0 Å².